The van der Waals surface area contributed by atoms with E-state index in [1.165, 1.54) is 0 Å². The van der Waals surface area contributed by atoms with Crippen molar-refractivity contribution >= 4 is 17.5 Å². The van der Waals surface area contributed by atoms with Gasteiger partial charge >= 0.3 is 0 Å². The Morgan fingerprint density at radius 3 is 2.61 bits per heavy atom. The molecule has 0 aliphatic heterocycles. The summed E-state index contributed by atoms with van der Waals surface area (Å²) in [5.41, 5.74) is 7.74. The Balaban J connectivity index is 2.03. The van der Waals surface area contributed by atoms with Crippen LogP contribution in [0.2, 0.25) is 5.02 Å². The molecule has 0 fully saturated rings. The van der Waals surface area contributed by atoms with E-state index in [-0.39, 0.29) is 18.4 Å². The molecule has 3 N–H and O–H groups in total. The van der Waals surface area contributed by atoms with Crippen molar-refractivity contribution in [2.75, 3.05) is 0 Å². The second-order valence-corrected chi connectivity index (χ2v) is 9.13. The van der Waals surface area contributed by atoms with Crippen LogP contribution in [0.5, 0.6) is 0 Å². The average Bonchev–Trinajstić information content (AvgIpc) is 3.29. The van der Waals surface area contributed by atoms with Gasteiger partial charge in [0.05, 0.1) is 11.2 Å². The minimum absolute atomic E-state index is 0.173. The smallest absolute Gasteiger partial charge is 0.219 e. The number of hydrogen-bond acceptors (Lipinski definition) is 5. The molecule has 3 rings (SSSR count). The molecule has 0 aliphatic carbocycles. The number of nitrogens with zero attached hydrogens (tertiary/aromatic N) is 4. The van der Waals surface area contributed by atoms with Gasteiger partial charge in [-0.1, -0.05) is 80.6 Å². The van der Waals surface area contributed by atoms with Crippen LogP contribution in [0.3, 0.4) is 0 Å². The molecular weight excluding hydrogens is 436 g/mol. The number of carbonyl (C=O) groups is 1. The van der Waals surface area contributed by atoms with E-state index in [2.05, 4.69) is 34.7 Å². The Morgan fingerprint density at radius 1 is 1.15 bits per heavy atom. The van der Waals surface area contributed by atoms with E-state index in [4.69, 9.17) is 17.3 Å². The fraction of sp³-hybridized carbons (Fsp3) is 0.440. The van der Waals surface area contributed by atoms with Gasteiger partial charge < -0.3 is 5.73 Å². The second-order valence-electron chi connectivity index (χ2n) is 8.72. The summed E-state index contributed by atoms with van der Waals surface area (Å²) in [6.07, 6.45) is 5.39. The Morgan fingerprint density at radius 2 is 1.91 bits per heavy atom. The fourth-order valence-corrected chi connectivity index (χ4v) is 4.37. The number of unbranched alkanes of at least 4 members (excludes halogenated alkanes) is 3. The zero-order valence-electron chi connectivity index (χ0n) is 19.6. The molecule has 1 aromatic heterocycles. The maximum atomic E-state index is 11.9. The second kappa shape index (κ2) is 11.4. The molecule has 0 bridgehead atoms. The summed E-state index contributed by atoms with van der Waals surface area (Å²) in [5.74, 6) is 0.310. The van der Waals surface area contributed by atoms with Crippen LogP contribution in [0, 0.1) is 6.92 Å². The Hall–Kier alpha value is -2.77. The summed E-state index contributed by atoms with van der Waals surface area (Å²) in [5, 5.41) is 17.1. The molecule has 3 aromatic rings. The van der Waals surface area contributed by atoms with Crippen LogP contribution in [0.25, 0.3) is 5.69 Å². The predicted molar refractivity (Wildman–Crippen MR) is 131 cm³/mol. The third-order valence-electron chi connectivity index (χ3n) is 6.06. The van der Waals surface area contributed by atoms with E-state index in [9.17, 15) is 4.79 Å². The van der Waals surface area contributed by atoms with Gasteiger partial charge in [-0.05, 0) is 54.0 Å². The van der Waals surface area contributed by atoms with Crippen LogP contribution >= 0.6 is 11.6 Å². The van der Waals surface area contributed by atoms with Gasteiger partial charge in [-0.25, -0.2) is 0 Å². The average molecular weight is 469 g/mol. The quantitative estimate of drug-likeness (QED) is 0.364. The van der Waals surface area contributed by atoms with Crippen molar-refractivity contribution in [2.24, 2.45) is 5.73 Å². The highest BCUT2D eigenvalue weighted by Gasteiger charge is 2.36. The maximum Gasteiger partial charge on any atom is 0.219 e. The molecule has 0 spiro atoms. The monoisotopic (exact) mass is 468 g/mol. The standard InChI is InChI=1S/C25H33ClN6O/c1-4-5-6-10-16-25(3,28-21(17-23(27)33)19-12-8-7-9-13-19)24-29-30-31-32(24)22-15-11-14-20(26)18(22)2/h7-9,11-15,21,28H,4-6,10,16-17H2,1-3H3,(H2,27,33)/t21-,25?/m0/s1. The predicted octanol–water partition coefficient (Wildman–Crippen LogP) is 5.02. The molecule has 1 heterocycles. The van der Waals surface area contributed by atoms with Crippen molar-refractivity contribution in [3.63, 3.8) is 0 Å². The first-order valence-corrected chi connectivity index (χ1v) is 11.9. The van der Waals surface area contributed by atoms with E-state index < -0.39 is 5.54 Å². The van der Waals surface area contributed by atoms with Crippen molar-refractivity contribution in [1.82, 2.24) is 25.5 Å². The molecule has 8 heteroatoms. The number of amides is 1. The molecule has 176 valence electrons. The van der Waals surface area contributed by atoms with Gasteiger partial charge in [-0.2, -0.15) is 4.68 Å². The number of carbonyl (C=O) groups excluding carboxylic acids is 1. The van der Waals surface area contributed by atoms with E-state index in [1.807, 2.05) is 55.5 Å². The number of rotatable bonds is 12. The number of primary amides is 1. The number of nitrogens with two attached hydrogens (primary N) is 1. The highest BCUT2D eigenvalue weighted by molar-refractivity contribution is 6.31. The summed E-state index contributed by atoms with van der Waals surface area (Å²) in [7, 11) is 0. The number of hydrogen-bond donors (Lipinski definition) is 2. The van der Waals surface area contributed by atoms with Crippen LogP contribution in [0.4, 0.5) is 0 Å². The largest absolute Gasteiger partial charge is 0.370 e. The normalized spacial score (nSPS) is 14.1. The lowest BCUT2D eigenvalue weighted by Crippen LogP contribution is -2.45. The number of halogens is 1. The van der Waals surface area contributed by atoms with Crippen LogP contribution < -0.4 is 11.1 Å². The number of benzene rings is 2. The molecule has 2 atom stereocenters. The summed E-state index contributed by atoms with van der Waals surface area (Å²) in [4.78, 5) is 11.9. The van der Waals surface area contributed by atoms with Crippen LogP contribution in [0.1, 0.15) is 75.4 Å². The first kappa shape index (κ1) is 24.9. The van der Waals surface area contributed by atoms with Gasteiger partial charge in [-0.3, -0.25) is 10.1 Å². The zero-order chi connectivity index (χ0) is 23.8. The molecule has 0 saturated carbocycles. The molecule has 7 nitrogen and oxygen atoms in total. The Bertz CT molecular complexity index is 1050. The van der Waals surface area contributed by atoms with Crippen LogP contribution in [-0.2, 0) is 10.3 Å². The fourth-order valence-electron chi connectivity index (χ4n) is 4.20. The molecule has 0 saturated heterocycles. The van der Waals surface area contributed by atoms with Gasteiger partial charge in [-0.15, -0.1) is 5.10 Å². The van der Waals surface area contributed by atoms with Crippen molar-refractivity contribution in [3.8, 4) is 5.69 Å². The van der Waals surface area contributed by atoms with Crippen molar-refractivity contribution in [3.05, 3.63) is 70.5 Å². The van der Waals surface area contributed by atoms with Gasteiger partial charge in [0.25, 0.3) is 0 Å². The summed E-state index contributed by atoms with van der Waals surface area (Å²) in [6.45, 7) is 6.24. The molecule has 1 amide bonds. The molecule has 0 aliphatic rings. The number of nitrogens with one attached hydrogen (secondary N) is 1. The van der Waals surface area contributed by atoms with Gasteiger partial charge in [0.15, 0.2) is 5.82 Å². The highest BCUT2D eigenvalue weighted by atomic mass is 35.5. The minimum Gasteiger partial charge on any atom is -0.370 e. The van der Waals surface area contributed by atoms with E-state index in [0.29, 0.717) is 10.8 Å². The SMILES string of the molecule is CCCCCCC(C)(N[C@@H](CC(N)=O)c1ccccc1)c1nnnn1-c1cccc(Cl)c1C. The van der Waals surface area contributed by atoms with Gasteiger partial charge in [0.2, 0.25) is 5.91 Å². The Kier molecular flexibility index (Phi) is 8.58. The third kappa shape index (κ3) is 6.18. The van der Waals surface area contributed by atoms with E-state index >= 15 is 0 Å². The van der Waals surface area contributed by atoms with E-state index in [0.717, 1.165) is 48.9 Å². The molecule has 33 heavy (non-hydrogen) atoms. The van der Waals surface area contributed by atoms with Crippen molar-refractivity contribution < 1.29 is 4.79 Å². The molecule has 1 unspecified atom stereocenters. The topological polar surface area (TPSA) is 98.7 Å². The molecule has 2 aromatic carbocycles. The lowest BCUT2D eigenvalue weighted by Gasteiger charge is -2.34. The first-order valence-electron chi connectivity index (χ1n) is 11.5. The van der Waals surface area contributed by atoms with Crippen LogP contribution in [-0.4, -0.2) is 26.1 Å². The summed E-state index contributed by atoms with van der Waals surface area (Å²) in [6, 6.07) is 15.3. The van der Waals surface area contributed by atoms with Crippen LogP contribution in [0.15, 0.2) is 48.5 Å². The number of aromatic nitrogens is 4. The lowest BCUT2D eigenvalue weighted by molar-refractivity contribution is -0.118. The highest BCUT2D eigenvalue weighted by Crippen LogP contribution is 2.33. The zero-order valence-corrected chi connectivity index (χ0v) is 20.3. The van der Waals surface area contributed by atoms with E-state index in [1.54, 1.807) is 4.68 Å². The minimum atomic E-state index is -0.609. The lowest BCUT2D eigenvalue weighted by atomic mass is 9.89. The summed E-state index contributed by atoms with van der Waals surface area (Å²) < 4.78 is 1.75. The van der Waals surface area contributed by atoms with Gasteiger partial charge in [0, 0.05) is 17.5 Å². The summed E-state index contributed by atoms with van der Waals surface area (Å²) >= 11 is 6.39. The van der Waals surface area contributed by atoms with Crippen molar-refractivity contribution in [1.29, 1.82) is 0 Å². The molecular formula is C25H33ClN6O. The molecule has 0 radical (unpaired) electrons. The third-order valence-corrected chi connectivity index (χ3v) is 6.47. The van der Waals surface area contributed by atoms with Crippen molar-refractivity contribution in [2.45, 2.75) is 70.9 Å². The Labute approximate surface area is 200 Å². The maximum absolute atomic E-state index is 11.9. The van der Waals surface area contributed by atoms with Gasteiger partial charge in [0.1, 0.15) is 0 Å². The first-order chi connectivity index (χ1) is 15.9. The number of tetrazole rings is 1.